The second-order valence-corrected chi connectivity index (χ2v) is 6.05. The molecule has 0 radical (unpaired) electrons. The first-order chi connectivity index (χ1) is 10.7. The zero-order valence-corrected chi connectivity index (χ0v) is 13.0. The quantitative estimate of drug-likeness (QED) is 0.496. The van der Waals surface area contributed by atoms with Crippen LogP contribution in [0.1, 0.15) is 28.2 Å². The van der Waals surface area contributed by atoms with Gasteiger partial charge in [0, 0.05) is 24.3 Å². The molecule has 4 rings (SSSR count). The van der Waals surface area contributed by atoms with Crippen LogP contribution >= 0.6 is 0 Å². The monoisotopic (exact) mass is 285 g/mol. The Kier molecular flexibility index (Phi) is 3.00. The van der Waals surface area contributed by atoms with Crippen molar-refractivity contribution >= 4 is 11.4 Å². The molecule has 0 aromatic heterocycles. The third kappa shape index (κ3) is 2.19. The van der Waals surface area contributed by atoms with Gasteiger partial charge in [-0.3, -0.25) is 0 Å². The summed E-state index contributed by atoms with van der Waals surface area (Å²) >= 11 is 0. The molecule has 0 N–H and O–H groups in total. The first kappa shape index (κ1) is 13.1. The number of rotatable bonds is 3. The second kappa shape index (κ2) is 5.03. The maximum absolute atomic E-state index is 2.33. The van der Waals surface area contributed by atoms with Crippen LogP contribution in [-0.2, 0) is 0 Å². The SMILES string of the molecule is Cc1ccc(N(C)c2ccc3c(c2)[C@@H]3c2ccccc2)cc1. The van der Waals surface area contributed by atoms with E-state index >= 15 is 0 Å². The molecule has 3 aromatic rings. The van der Waals surface area contributed by atoms with Gasteiger partial charge in [-0.05, 0) is 47.9 Å². The van der Waals surface area contributed by atoms with E-state index in [9.17, 15) is 0 Å². The minimum atomic E-state index is 0.501. The summed E-state index contributed by atoms with van der Waals surface area (Å²) in [6, 6.07) is 26.2. The molecule has 0 aliphatic heterocycles. The number of anilines is 2. The molecule has 1 heteroatoms. The molecule has 0 spiro atoms. The van der Waals surface area contributed by atoms with Crippen LogP contribution < -0.4 is 4.90 Å². The van der Waals surface area contributed by atoms with Crippen molar-refractivity contribution in [1.82, 2.24) is 0 Å². The van der Waals surface area contributed by atoms with Crippen molar-refractivity contribution in [2.24, 2.45) is 0 Å². The van der Waals surface area contributed by atoms with Gasteiger partial charge in [0.2, 0.25) is 0 Å². The van der Waals surface area contributed by atoms with Crippen molar-refractivity contribution in [2.75, 3.05) is 11.9 Å². The molecular weight excluding hydrogens is 266 g/mol. The van der Waals surface area contributed by atoms with Gasteiger partial charge in [-0.2, -0.15) is 0 Å². The summed E-state index contributed by atoms with van der Waals surface area (Å²) in [6.07, 6.45) is 0. The molecule has 0 amide bonds. The summed E-state index contributed by atoms with van der Waals surface area (Å²) < 4.78 is 0. The smallest absolute Gasteiger partial charge is 0.0411 e. The lowest BCUT2D eigenvalue weighted by molar-refractivity contribution is 1.19. The Hall–Kier alpha value is -2.54. The van der Waals surface area contributed by atoms with Crippen molar-refractivity contribution in [3.8, 4) is 0 Å². The molecule has 108 valence electrons. The Labute approximate surface area is 131 Å². The van der Waals surface area contributed by atoms with Gasteiger partial charge in [-0.1, -0.05) is 54.1 Å². The minimum absolute atomic E-state index is 0.501. The molecule has 1 aliphatic rings. The number of hydrogen-bond acceptors (Lipinski definition) is 1. The van der Waals surface area contributed by atoms with Crippen LogP contribution in [-0.4, -0.2) is 7.05 Å². The molecule has 0 heterocycles. The van der Waals surface area contributed by atoms with Crippen LogP contribution in [0.4, 0.5) is 11.4 Å². The number of hydrogen-bond donors (Lipinski definition) is 0. The highest BCUT2D eigenvalue weighted by atomic mass is 15.1. The van der Waals surface area contributed by atoms with Crippen LogP contribution in [0.25, 0.3) is 0 Å². The van der Waals surface area contributed by atoms with Crippen molar-refractivity contribution in [1.29, 1.82) is 0 Å². The van der Waals surface area contributed by atoms with Crippen LogP contribution in [0, 0.1) is 6.92 Å². The third-order valence-corrected chi connectivity index (χ3v) is 4.55. The molecule has 0 unspecified atom stereocenters. The maximum atomic E-state index is 2.33. The average Bonchev–Trinajstić information content (AvgIpc) is 3.29. The minimum Gasteiger partial charge on any atom is -0.345 e. The average molecular weight is 285 g/mol. The van der Waals surface area contributed by atoms with E-state index in [2.05, 4.69) is 91.7 Å². The van der Waals surface area contributed by atoms with Crippen molar-refractivity contribution in [2.45, 2.75) is 12.8 Å². The Morgan fingerprint density at radius 3 is 2.14 bits per heavy atom. The van der Waals surface area contributed by atoms with Gasteiger partial charge in [-0.15, -0.1) is 0 Å². The molecule has 1 aliphatic carbocycles. The molecule has 0 bridgehead atoms. The van der Waals surface area contributed by atoms with Crippen LogP contribution in [0.15, 0.2) is 72.8 Å². The molecule has 22 heavy (non-hydrogen) atoms. The third-order valence-electron chi connectivity index (χ3n) is 4.55. The van der Waals surface area contributed by atoms with Crippen LogP contribution in [0.3, 0.4) is 0 Å². The normalized spacial score (nSPS) is 15.3. The summed E-state index contributed by atoms with van der Waals surface area (Å²) in [4.78, 5) is 2.25. The molecular formula is C21H19N. The van der Waals surface area contributed by atoms with Gasteiger partial charge in [0.25, 0.3) is 0 Å². The van der Waals surface area contributed by atoms with Crippen LogP contribution in [0.2, 0.25) is 0 Å². The zero-order chi connectivity index (χ0) is 15.1. The Morgan fingerprint density at radius 1 is 0.727 bits per heavy atom. The molecule has 0 fully saturated rings. The highest BCUT2D eigenvalue weighted by Crippen LogP contribution is 2.49. The fourth-order valence-electron chi connectivity index (χ4n) is 3.13. The predicted molar refractivity (Wildman–Crippen MR) is 93.1 cm³/mol. The Morgan fingerprint density at radius 2 is 1.41 bits per heavy atom. The predicted octanol–water partition coefficient (Wildman–Crippen LogP) is 5.26. The van der Waals surface area contributed by atoms with Gasteiger partial charge in [0.15, 0.2) is 0 Å². The molecule has 1 nitrogen and oxygen atoms in total. The lowest BCUT2D eigenvalue weighted by Crippen LogP contribution is -2.08. The largest absolute Gasteiger partial charge is 0.345 e. The fourth-order valence-corrected chi connectivity index (χ4v) is 3.13. The Balaban J connectivity index is 1.62. The number of aryl methyl sites for hydroxylation is 1. The van der Waals surface area contributed by atoms with E-state index in [4.69, 9.17) is 0 Å². The highest BCUT2D eigenvalue weighted by Gasteiger charge is 2.34. The van der Waals surface area contributed by atoms with E-state index in [0.717, 1.165) is 0 Å². The van der Waals surface area contributed by atoms with E-state index in [1.54, 1.807) is 0 Å². The summed E-state index contributed by atoms with van der Waals surface area (Å²) in [5.74, 6) is 0.501. The van der Waals surface area contributed by atoms with E-state index in [-0.39, 0.29) is 0 Å². The summed E-state index contributed by atoms with van der Waals surface area (Å²) in [6.45, 7) is 2.12. The number of fused-ring (bicyclic) bond motifs is 1. The highest BCUT2D eigenvalue weighted by molar-refractivity contribution is 5.70. The maximum Gasteiger partial charge on any atom is 0.0411 e. The molecule has 3 aromatic carbocycles. The van der Waals surface area contributed by atoms with Gasteiger partial charge < -0.3 is 4.90 Å². The number of benzene rings is 3. The molecule has 0 saturated heterocycles. The standard InChI is InChI=1S/C21H19N/c1-15-8-10-17(11-9-15)22(2)18-12-13-19-20(14-18)21(19)16-6-4-3-5-7-16/h3-14,21H,1-2H3/t21-/m1/s1. The summed E-state index contributed by atoms with van der Waals surface area (Å²) in [7, 11) is 2.13. The topological polar surface area (TPSA) is 3.24 Å². The molecule has 1 atom stereocenters. The van der Waals surface area contributed by atoms with Gasteiger partial charge in [-0.25, -0.2) is 0 Å². The lowest BCUT2D eigenvalue weighted by Gasteiger charge is -2.19. The second-order valence-electron chi connectivity index (χ2n) is 6.05. The lowest BCUT2D eigenvalue weighted by atomic mass is 10.1. The number of nitrogens with zero attached hydrogens (tertiary/aromatic N) is 1. The fraction of sp³-hybridized carbons (Fsp3) is 0.143. The van der Waals surface area contributed by atoms with Gasteiger partial charge >= 0.3 is 0 Å². The van der Waals surface area contributed by atoms with E-state index < -0.39 is 0 Å². The molecule has 0 saturated carbocycles. The van der Waals surface area contributed by atoms with Crippen molar-refractivity contribution in [3.63, 3.8) is 0 Å². The summed E-state index contributed by atoms with van der Waals surface area (Å²) in [5, 5.41) is 0. The Bertz CT molecular complexity index is 803. The van der Waals surface area contributed by atoms with Crippen LogP contribution in [0.5, 0.6) is 0 Å². The van der Waals surface area contributed by atoms with E-state index in [0.29, 0.717) is 5.92 Å². The summed E-state index contributed by atoms with van der Waals surface area (Å²) in [5.41, 5.74) is 8.09. The van der Waals surface area contributed by atoms with E-state index in [1.165, 1.54) is 33.6 Å². The van der Waals surface area contributed by atoms with Crippen molar-refractivity contribution in [3.05, 3.63) is 95.1 Å². The van der Waals surface area contributed by atoms with E-state index in [1.807, 2.05) is 0 Å². The first-order valence-corrected chi connectivity index (χ1v) is 7.73. The zero-order valence-electron chi connectivity index (χ0n) is 13.0. The van der Waals surface area contributed by atoms with Gasteiger partial charge in [0.1, 0.15) is 0 Å². The van der Waals surface area contributed by atoms with Crippen molar-refractivity contribution < 1.29 is 0 Å². The van der Waals surface area contributed by atoms with Gasteiger partial charge in [0.05, 0.1) is 0 Å². The first-order valence-electron chi connectivity index (χ1n) is 7.73.